The summed E-state index contributed by atoms with van der Waals surface area (Å²) in [7, 11) is 0. The highest BCUT2D eigenvalue weighted by Crippen LogP contribution is 2.23. The molecule has 1 aliphatic heterocycles. The molecule has 1 aromatic heterocycles. The maximum atomic E-state index is 5.51. The van der Waals surface area contributed by atoms with Gasteiger partial charge in [-0.05, 0) is 31.0 Å². The molecule has 0 bridgehead atoms. The summed E-state index contributed by atoms with van der Waals surface area (Å²) >= 11 is 0. The molecule has 1 N–H and O–H groups in total. The summed E-state index contributed by atoms with van der Waals surface area (Å²) in [6.45, 7) is 9.56. The van der Waals surface area contributed by atoms with Gasteiger partial charge in [-0.25, -0.2) is 0 Å². The molecule has 5 nitrogen and oxygen atoms in total. The summed E-state index contributed by atoms with van der Waals surface area (Å²) in [6, 6.07) is 0.400. The van der Waals surface area contributed by atoms with Crippen LogP contribution < -0.4 is 10.2 Å². The lowest BCUT2D eigenvalue weighted by atomic mass is 9.99. The third-order valence-electron chi connectivity index (χ3n) is 4.22. The second-order valence-corrected chi connectivity index (χ2v) is 5.69. The van der Waals surface area contributed by atoms with Crippen molar-refractivity contribution in [1.82, 2.24) is 15.5 Å². The zero-order valence-electron chi connectivity index (χ0n) is 13.1. The highest BCUT2D eigenvalue weighted by molar-refractivity contribution is 5.28. The van der Waals surface area contributed by atoms with Crippen LogP contribution in [0.2, 0.25) is 0 Å². The van der Waals surface area contributed by atoms with E-state index in [0.29, 0.717) is 6.04 Å². The van der Waals surface area contributed by atoms with Crippen molar-refractivity contribution in [1.29, 1.82) is 0 Å². The van der Waals surface area contributed by atoms with Crippen molar-refractivity contribution < 1.29 is 4.52 Å². The Morgan fingerprint density at radius 1 is 1.20 bits per heavy atom. The van der Waals surface area contributed by atoms with Crippen LogP contribution in [0.15, 0.2) is 4.52 Å². The zero-order valence-corrected chi connectivity index (χ0v) is 13.1. The highest BCUT2D eigenvalue weighted by atomic mass is 16.5. The van der Waals surface area contributed by atoms with E-state index in [9.17, 15) is 0 Å². The van der Waals surface area contributed by atoms with Gasteiger partial charge in [0, 0.05) is 19.1 Å². The van der Waals surface area contributed by atoms with Crippen LogP contribution in [-0.4, -0.2) is 35.8 Å². The molecule has 0 aliphatic carbocycles. The first-order valence-corrected chi connectivity index (χ1v) is 8.08. The van der Waals surface area contributed by atoms with Crippen molar-refractivity contribution in [2.45, 2.75) is 64.8 Å². The predicted octanol–water partition coefficient (Wildman–Crippen LogP) is 2.94. The van der Waals surface area contributed by atoms with Crippen molar-refractivity contribution in [3.63, 3.8) is 0 Å². The molecule has 1 saturated heterocycles. The number of rotatable bonds is 6. The molecule has 1 fully saturated rings. The molecule has 2 atom stereocenters. The van der Waals surface area contributed by atoms with Gasteiger partial charge in [-0.1, -0.05) is 33.6 Å². The van der Waals surface area contributed by atoms with Gasteiger partial charge in [0.2, 0.25) is 5.89 Å². The standard InChI is InChI=1S/C15H28N4O/c1-4-13(16-5-2)12(3)14-17-15(18-20-14)19-10-8-6-7-9-11-19/h12-13,16H,4-11H2,1-3H3. The van der Waals surface area contributed by atoms with Gasteiger partial charge in [0.05, 0.1) is 5.92 Å². The summed E-state index contributed by atoms with van der Waals surface area (Å²) < 4.78 is 5.51. The molecule has 20 heavy (non-hydrogen) atoms. The quantitative estimate of drug-likeness (QED) is 0.868. The Kier molecular flexibility index (Phi) is 5.83. The molecule has 2 heterocycles. The summed E-state index contributed by atoms with van der Waals surface area (Å²) in [5, 5.41) is 7.68. The Morgan fingerprint density at radius 3 is 2.50 bits per heavy atom. The van der Waals surface area contributed by atoms with Gasteiger partial charge in [0.25, 0.3) is 5.95 Å². The summed E-state index contributed by atoms with van der Waals surface area (Å²) in [4.78, 5) is 6.90. The molecule has 2 unspecified atom stereocenters. The minimum atomic E-state index is 0.258. The van der Waals surface area contributed by atoms with Crippen LogP contribution in [0.5, 0.6) is 0 Å². The smallest absolute Gasteiger partial charge is 0.266 e. The number of likely N-dealkylation sites (N-methyl/N-ethyl adjacent to an activating group) is 1. The van der Waals surface area contributed by atoms with Crippen molar-refractivity contribution in [2.75, 3.05) is 24.5 Å². The molecular formula is C15H28N4O. The Labute approximate surface area is 122 Å². The minimum absolute atomic E-state index is 0.258. The largest absolute Gasteiger partial charge is 0.338 e. The van der Waals surface area contributed by atoms with E-state index in [-0.39, 0.29) is 5.92 Å². The van der Waals surface area contributed by atoms with Crippen LogP contribution in [0, 0.1) is 0 Å². The molecule has 0 aromatic carbocycles. The predicted molar refractivity (Wildman–Crippen MR) is 81.1 cm³/mol. The van der Waals surface area contributed by atoms with Crippen LogP contribution in [0.3, 0.4) is 0 Å². The molecule has 0 amide bonds. The van der Waals surface area contributed by atoms with Gasteiger partial charge in [-0.15, -0.1) is 0 Å². The van der Waals surface area contributed by atoms with E-state index in [4.69, 9.17) is 4.52 Å². The first-order chi connectivity index (χ1) is 9.76. The average Bonchev–Trinajstić information content (AvgIpc) is 2.80. The molecule has 114 valence electrons. The molecule has 2 rings (SSSR count). The van der Waals surface area contributed by atoms with E-state index in [1.54, 1.807) is 0 Å². The Morgan fingerprint density at radius 2 is 1.90 bits per heavy atom. The van der Waals surface area contributed by atoms with E-state index >= 15 is 0 Å². The second kappa shape index (κ2) is 7.62. The maximum Gasteiger partial charge on any atom is 0.266 e. The lowest BCUT2D eigenvalue weighted by Crippen LogP contribution is -2.33. The average molecular weight is 280 g/mol. The van der Waals surface area contributed by atoms with Crippen LogP contribution in [0.4, 0.5) is 5.95 Å². The third-order valence-corrected chi connectivity index (χ3v) is 4.22. The van der Waals surface area contributed by atoms with Crippen molar-refractivity contribution in [2.24, 2.45) is 0 Å². The number of hydrogen-bond acceptors (Lipinski definition) is 5. The van der Waals surface area contributed by atoms with Gasteiger partial charge in [0.1, 0.15) is 0 Å². The summed E-state index contributed by atoms with van der Waals surface area (Å²) in [5.41, 5.74) is 0. The van der Waals surface area contributed by atoms with Gasteiger partial charge < -0.3 is 14.7 Å². The molecule has 0 saturated carbocycles. The maximum absolute atomic E-state index is 5.51. The van der Waals surface area contributed by atoms with Crippen molar-refractivity contribution >= 4 is 5.95 Å². The molecule has 5 heteroatoms. The summed E-state index contributed by atoms with van der Waals surface area (Å²) in [6.07, 6.45) is 6.16. The van der Waals surface area contributed by atoms with Crippen LogP contribution in [0.1, 0.15) is 64.7 Å². The van der Waals surface area contributed by atoms with E-state index < -0.39 is 0 Å². The van der Waals surface area contributed by atoms with Crippen molar-refractivity contribution in [3.8, 4) is 0 Å². The monoisotopic (exact) mass is 280 g/mol. The van der Waals surface area contributed by atoms with Gasteiger partial charge >= 0.3 is 0 Å². The van der Waals surface area contributed by atoms with E-state index in [1.165, 1.54) is 25.7 Å². The number of nitrogens with one attached hydrogen (secondary N) is 1. The molecular weight excluding hydrogens is 252 g/mol. The fraction of sp³-hybridized carbons (Fsp3) is 0.867. The van der Waals surface area contributed by atoms with Crippen LogP contribution in [-0.2, 0) is 0 Å². The summed E-state index contributed by atoms with van der Waals surface area (Å²) in [5.74, 6) is 1.80. The van der Waals surface area contributed by atoms with E-state index in [1.807, 2.05) is 0 Å². The molecule has 1 aromatic rings. The van der Waals surface area contributed by atoms with Gasteiger partial charge in [-0.3, -0.25) is 0 Å². The molecule has 0 spiro atoms. The lowest BCUT2D eigenvalue weighted by Gasteiger charge is -2.20. The third kappa shape index (κ3) is 3.72. The van der Waals surface area contributed by atoms with Crippen LogP contribution >= 0.6 is 0 Å². The zero-order chi connectivity index (χ0) is 14.4. The number of aromatic nitrogens is 2. The molecule has 1 aliphatic rings. The fourth-order valence-corrected chi connectivity index (χ4v) is 2.92. The number of anilines is 1. The van der Waals surface area contributed by atoms with Crippen molar-refractivity contribution in [3.05, 3.63) is 5.89 Å². The van der Waals surface area contributed by atoms with E-state index in [0.717, 1.165) is 37.9 Å². The molecule has 0 radical (unpaired) electrons. The lowest BCUT2D eigenvalue weighted by molar-refractivity contribution is 0.321. The SMILES string of the molecule is CCNC(CC)C(C)c1nc(N2CCCCCC2)no1. The van der Waals surface area contributed by atoms with Crippen LogP contribution in [0.25, 0.3) is 0 Å². The first-order valence-electron chi connectivity index (χ1n) is 8.08. The number of nitrogens with zero attached hydrogens (tertiary/aromatic N) is 3. The minimum Gasteiger partial charge on any atom is -0.338 e. The first kappa shape index (κ1) is 15.3. The van der Waals surface area contributed by atoms with Gasteiger partial charge in [0.15, 0.2) is 0 Å². The number of hydrogen-bond donors (Lipinski definition) is 1. The Balaban J connectivity index is 2.03. The van der Waals surface area contributed by atoms with E-state index in [2.05, 4.69) is 41.1 Å². The Bertz CT molecular complexity index is 385. The topological polar surface area (TPSA) is 54.2 Å². The normalized spacial score (nSPS) is 19.6. The Hall–Kier alpha value is -1.10. The van der Waals surface area contributed by atoms with Gasteiger partial charge in [-0.2, -0.15) is 4.98 Å². The highest BCUT2D eigenvalue weighted by Gasteiger charge is 2.24. The second-order valence-electron chi connectivity index (χ2n) is 5.69. The fourth-order valence-electron chi connectivity index (χ4n) is 2.92.